The molecule has 2 rings (SSSR count). The number of hydrogen-bond acceptors (Lipinski definition) is 7. The number of aliphatic imine (C=N–C) groups is 3. The van der Waals surface area contributed by atoms with Crippen LogP contribution in [0.1, 0.15) is 18.9 Å². The van der Waals surface area contributed by atoms with E-state index in [4.69, 9.17) is 15.2 Å². The standard InChI is InChI=1S/C18H20F3N5O3/c1-10(24-9-14(23-2)28-3)15(27)25-11-4-5-13(19)12(8-11)18(16(20)21)6-7-29-17(22)26-18/h4-5,8-9,16H,2,6-7H2,1,3H3,(H2,22,26)(H,25,27)/b14-9+,24-10?/t18-/m0/s1. The highest BCUT2D eigenvalue weighted by atomic mass is 19.3. The number of nitrogens with zero attached hydrogens (tertiary/aromatic N) is 3. The average Bonchev–Trinajstić information content (AvgIpc) is 2.69. The van der Waals surface area contributed by atoms with Crippen LogP contribution in [0, 0.1) is 5.82 Å². The van der Waals surface area contributed by atoms with E-state index in [0.717, 1.165) is 12.1 Å². The molecular weight excluding hydrogens is 391 g/mol. The molecule has 1 aliphatic heterocycles. The lowest BCUT2D eigenvalue weighted by molar-refractivity contribution is -0.110. The molecule has 0 aromatic heterocycles. The molecule has 1 aromatic rings. The van der Waals surface area contributed by atoms with Crippen LogP contribution in [0.2, 0.25) is 0 Å². The lowest BCUT2D eigenvalue weighted by Crippen LogP contribution is -2.41. The van der Waals surface area contributed by atoms with Gasteiger partial charge in [0.25, 0.3) is 18.4 Å². The third kappa shape index (κ3) is 4.92. The maximum atomic E-state index is 14.4. The maximum Gasteiger partial charge on any atom is 0.283 e. The number of methoxy groups -OCH3 is 1. The van der Waals surface area contributed by atoms with Gasteiger partial charge in [0.2, 0.25) is 5.88 Å². The van der Waals surface area contributed by atoms with Crippen molar-refractivity contribution in [1.29, 1.82) is 0 Å². The fourth-order valence-electron chi connectivity index (χ4n) is 2.59. The van der Waals surface area contributed by atoms with Crippen molar-refractivity contribution in [3.8, 4) is 0 Å². The van der Waals surface area contributed by atoms with E-state index in [-0.39, 0.29) is 30.3 Å². The zero-order valence-electron chi connectivity index (χ0n) is 15.8. The Morgan fingerprint density at radius 2 is 2.24 bits per heavy atom. The van der Waals surface area contributed by atoms with Gasteiger partial charge >= 0.3 is 0 Å². The zero-order chi connectivity index (χ0) is 21.6. The van der Waals surface area contributed by atoms with Crippen LogP contribution in [0.3, 0.4) is 0 Å². The Labute approximate surface area is 165 Å². The third-order valence-electron chi connectivity index (χ3n) is 4.16. The predicted molar refractivity (Wildman–Crippen MR) is 103 cm³/mol. The summed E-state index contributed by atoms with van der Waals surface area (Å²) in [6.07, 6.45) is -2.14. The monoisotopic (exact) mass is 411 g/mol. The minimum Gasteiger partial charge on any atom is -0.480 e. The van der Waals surface area contributed by atoms with Gasteiger partial charge in [-0.2, -0.15) is 0 Å². The molecule has 156 valence electrons. The third-order valence-corrected chi connectivity index (χ3v) is 4.16. The van der Waals surface area contributed by atoms with Gasteiger partial charge in [-0.25, -0.2) is 23.2 Å². The topological polar surface area (TPSA) is 111 Å². The fourth-order valence-corrected chi connectivity index (χ4v) is 2.59. The summed E-state index contributed by atoms with van der Waals surface area (Å²) < 4.78 is 51.9. The minimum absolute atomic E-state index is 0.0194. The first-order valence-electron chi connectivity index (χ1n) is 8.36. The van der Waals surface area contributed by atoms with Gasteiger partial charge in [0.15, 0.2) is 5.54 Å². The van der Waals surface area contributed by atoms with Crippen molar-refractivity contribution in [3.05, 3.63) is 41.7 Å². The van der Waals surface area contributed by atoms with Crippen LogP contribution in [-0.2, 0) is 19.8 Å². The molecule has 0 unspecified atom stereocenters. The molecule has 1 aromatic carbocycles. The summed E-state index contributed by atoms with van der Waals surface area (Å²) in [5, 5.41) is 2.47. The number of carbonyl (C=O) groups excluding carboxylic acids is 1. The molecule has 1 heterocycles. The van der Waals surface area contributed by atoms with Crippen LogP contribution >= 0.6 is 0 Å². The van der Waals surface area contributed by atoms with Crippen LogP contribution in [-0.4, -0.2) is 44.5 Å². The van der Waals surface area contributed by atoms with Gasteiger partial charge in [-0.1, -0.05) is 0 Å². The highest BCUT2D eigenvalue weighted by Gasteiger charge is 2.46. The van der Waals surface area contributed by atoms with Crippen molar-refractivity contribution >= 4 is 30.0 Å². The summed E-state index contributed by atoms with van der Waals surface area (Å²) >= 11 is 0. The van der Waals surface area contributed by atoms with Crippen molar-refractivity contribution in [3.63, 3.8) is 0 Å². The molecule has 0 fully saturated rings. The number of amides is 1. The number of amidine groups is 1. The van der Waals surface area contributed by atoms with Crippen molar-refractivity contribution in [2.24, 2.45) is 20.7 Å². The van der Waals surface area contributed by atoms with Gasteiger partial charge in [-0.3, -0.25) is 9.79 Å². The molecule has 0 radical (unpaired) electrons. The number of benzene rings is 1. The predicted octanol–water partition coefficient (Wildman–Crippen LogP) is 2.57. The van der Waals surface area contributed by atoms with Gasteiger partial charge in [-0.15, -0.1) is 0 Å². The molecule has 29 heavy (non-hydrogen) atoms. The second kappa shape index (κ2) is 9.22. The maximum absolute atomic E-state index is 14.4. The Morgan fingerprint density at radius 1 is 1.52 bits per heavy atom. The Kier molecular flexibility index (Phi) is 6.97. The van der Waals surface area contributed by atoms with Crippen molar-refractivity contribution in [1.82, 2.24) is 0 Å². The normalized spacial score (nSPS) is 20.0. The van der Waals surface area contributed by atoms with Crippen molar-refractivity contribution in [2.45, 2.75) is 25.3 Å². The summed E-state index contributed by atoms with van der Waals surface area (Å²) in [5.74, 6) is -1.45. The van der Waals surface area contributed by atoms with E-state index in [2.05, 4.69) is 27.0 Å². The van der Waals surface area contributed by atoms with E-state index in [1.807, 2.05) is 0 Å². The van der Waals surface area contributed by atoms with Crippen molar-refractivity contribution in [2.75, 3.05) is 19.0 Å². The Morgan fingerprint density at radius 3 is 2.83 bits per heavy atom. The van der Waals surface area contributed by atoms with E-state index in [1.54, 1.807) is 0 Å². The molecule has 1 amide bonds. The molecule has 3 N–H and O–H groups in total. The van der Waals surface area contributed by atoms with Gasteiger partial charge in [0.05, 0.1) is 19.9 Å². The first-order valence-corrected chi connectivity index (χ1v) is 8.36. The Balaban J connectivity index is 2.35. The summed E-state index contributed by atoms with van der Waals surface area (Å²) in [7, 11) is 1.36. The van der Waals surface area contributed by atoms with Gasteiger partial charge in [-0.05, 0) is 31.8 Å². The highest BCUT2D eigenvalue weighted by Crippen LogP contribution is 2.40. The number of halogens is 3. The Bertz CT molecular complexity index is 885. The second-order valence-corrected chi connectivity index (χ2v) is 5.97. The van der Waals surface area contributed by atoms with Crippen molar-refractivity contribution < 1.29 is 27.4 Å². The lowest BCUT2D eigenvalue weighted by Gasteiger charge is -2.33. The van der Waals surface area contributed by atoms with E-state index >= 15 is 0 Å². The molecule has 1 aliphatic rings. The average molecular weight is 411 g/mol. The number of ether oxygens (including phenoxy) is 2. The van der Waals surface area contributed by atoms with Crippen LogP contribution < -0.4 is 11.1 Å². The van der Waals surface area contributed by atoms with Gasteiger partial charge in [0, 0.05) is 17.7 Å². The summed E-state index contributed by atoms with van der Waals surface area (Å²) in [6.45, 7) is 4.54. The number of alkyl halides is 2. The van der Waals surface area contributed by atoms with Crippen LogP contribution in [0.4, 0.5) is 18.9 Å². The second-order valence-electron chi connectivity index (χ2n) is 5.97. The van der Waals surface area contributed by atoms with E-state index in [1.165, 1.54) is 26.3 Å². The number of nitrogens with one attached hydrogen (secondary N) is 1. The van der Waals surface area contributed by atoms with Crippen LogP contribution in [0.5, 0.6) is 0 Å². The molecule has 0 saturated heterocycles. The first-order chi connectivity index (χ1) is 13.7. The first kappa shape index (κ1) is 21.9. The quantitative estimate of drug-likeness (QED) is 0.531. The van der Waals surface area contributed by atoms with Gasteiger partial charge < -0.3 is 20.5 Å². The van der Waals surface area contributed by atoms with E-state index in [0.29, 0.717) is 0 Å². The van der Waals surface area contributed by atoms with Crippen LogP contribution in [0.15, 0.2) is 45.3 Å². The minimum atomic E-state index is -3.04. The SMILES string of the molecule is C=N/C(=C\N=C(C)C(=O)Nc1ccc(F)c([C@]2(C(F)F)CCOC(N)=N2)c1)OC. The number of rotatable bonds is 7. The number of nitrogens with two attached hydrogens (primary N) is 1. The molecule has 0 spiro atoms. The highest BCUT2D eigenvalue weighted by molar-refractivity contribution is 6.42. The van der Waals surface area contributed by atoms with Gasteiger partial charge in [0.1, 0.15) is 11.5 Å². The zero-order valence-corrected chi connectivity index (χ0v) is 15.8. The van der Waals surface area contributed by atoms with E-state index < -0.39 is 35.3 Å². The largest absolute Gasteiger partial charge is 0.480 e. The molecular formula is C18H20F3N5O3. The molecule has 0 saturated carbocycles. The summed E-state index contributed by atoms with van der Waals surface area (Å²) in [6, 6.07) is 2.84. The summed E-state index contributed by atoms with van der Waals surface area (Å²) in [4.78, 5) is 23.4. The number of anilines is 1. The smallest absolute Gasteiger partial charge is 0.283 e. The Hall–Kier alpha value is -3.37. The number of carbonyl (C=O) groups is 1. The molecule has 11 heteroatoms. The van der Waals surface area contributed by atoms with Crippen LogP contribution in [0.25, 0.3) is 0 Å². The molecule has 0 aliphatic carbocycles. The lowest BCUT2D eigenvalue weighted by atomic mass is 9.86. The summed E-state index contributed by atoms with van der Waals surface area (Å²) in [5.41, 5.74) is 2.93. The van der Waals surface area contributed by atoms with E-state index in [9.17, 15) is 18.0 Å². The fraction of sp³-hybridized carbons (Fsp3) is 0.333. The number of hydrogen-bond donors (Lipinski definition) is 2. The molecule has 1 atom stereocenters. The molecule has 8 nitrogen and oxygen atoms in total. The molecule has 0 bridgehead atoms.